The number of hydrogen-bond donors (Lipinski definition) is 1. The first-order valence-corrected chi connectivity index (χ1v) is 12.2. The van der Waals surface area contributed by atoms with E-state index in [4.69, 9.17) is 21.7 Å². The number of methoxy groups -OCH3 is 2. The summed E-state index contributed by atoms with van der Waals surface area (Å²) in [5.41, 5.74) is 3.85. The Labute approximate surface area is 208 Å². The number of nitrogens with zero attached hydrogens (tertiary/aromatic N) is 2. The van der Waals surface area contributed by atoms with Crippen molar-refractivity contribution in [2.75, 3.05) is 46.9 Å². The van der Waals surface area contributed by atoms with Crippen LogP contribution in [-0.4, -0.2) is 61.9 Å². The smallest absolute Gasteiger partial charge is 0.169 e. The highest BCUT2D eigenvalue weighted by Crippen LogP contribution is 2.30. The molecule has 1 heterocycles. The summed E-state index contributed by atoms with van der Waals surface area (Å²) in [7, 11) is 3.31. The Morgan fingerprint density at radius 1 is 0.824 bits per heavy atom. The van der Waals surface area contributed by atoms with E-state index in [0.29, 0.717) is 0 Å². The van der Waals surface area contributed by atoms with E-state index >= 15 is 0 Å². The highest BCUT2D eigenvalue weighted by molar-refractivity contribution is 7.80. The van der Waals surface area contributed by atoms with Crippen LogP contribution in [0, 0.1) is 0 Å². The number of thiocarbonyl (C=S) groups is 1. The van der Waals surface area contributed by atoms with E-state index in [2.05, 4.69) is 81.8 Å². The number of hydrogen-bond acceptors (Lipinski definition) is 4. The van der Waals surface area contributed by atoms with Crippen LogP contribution in [0.15, 0.2) is 78.9 Å². The normalized spacial score (nSPS) is 14.1. The predicted octanol–water partition coefficient (Wildman–Crippen LogP) is 4.53. The lowest BCUT2D eigenvalue weighted by atomic mass is 9.96. The van der Waals surface area contributed by atoms with Crippen LogP contribution in [0.5, 0.6) is 11.5 Å². The fourth-order valence-corrected chi connectivity index (χ4v) is 4.81. The Morgan fingerprint density at radius 3 is 1.97 bits per heavy atom. The van der Waals surface area contributed by atoms with Crippen molar-refractivity contribution in [3.8, 4) is 11.5 Å². The van der Waals surface area contributed by atoms with Gasteiger partial charge in [-0.05, 0) is 47.5 Å². The summed E-state index contributed by atoms with van der Waals surface area (Å²) in [5.74, 6) is 1.50. The number of rotatable bonds is 8. The largest absolute Gasteiger partial charge is 0.493 e. The lowest BCUT2D eigenvalue weighted by Gasteiger charge is -2.40. The Bertz CT molecular complexity index is 1010. The molecule has 3 aromatic carbocycles. The Balaban J connectivity index is 1.31. The van der Waals surface area contributed by atoms with Crippen LogP contribution < -0.4 is 14.8 Å². The third-order valence-electron chi connectivity index (χ3n) is 6.34. The van der Waals surface area contributed by atoms with Crippen LogP contribution in [0.25, 0.3) is 0 Å². The molecule has 1 fully saturated rings. The molecule has 1 aliphatic heterocycles. The summed E-state index contributed by atoms with van der Waals surface area (Å²) < 4.78 is 10.7. The van der Waals surface area contributed by atoms with Gasteiger partial charge in [0.15, 0.2) is 16.6 Å². The SMILES string of the molecule is COc1ccc(CCNC(=S)N2CCN(C(c3ccccc3)c3ccccc3)CC2)cc1OC. The average molecular weight is 476 g/mol. The molecule has 1 saturated heterocycles. The molecule has 0 unspecified atom stereocenters. The molecule has 4 rings (SSSR count). The van der Waals surface area contributed by atoms with Gasteiger partial charge in [0.25, 0.3) is 0 Å². The lowest BCUT2D eigenvalue weighted by Crippen LogP contribution is -2.52. The van der Waals surface area contributed by atoms with E-state index in [1.54, 1.807) is 14.2 Å². The van der Waals surface area contributed by atoms with E-state index in [1.165, 1.54) is 16.7 Å². The van der Waals surface area contributed by atoms with Gasteiger partial charge in [-0.3, -0.25) is 4.90 Å². The molecule has 3 aromatic rings. The van der Waals surface area contributed by atoms with E-state index < -0.39 is 0 Å². The van der Waals surface area contributed by atoms with Crippen molar-refractivity contribution in [2.45, 2.75) is 12.5 Å². The van der Waals surface area contributed by atoms with Crippen LogP contribution in [0.1, 0.15) is 22.7 Å². The maximum Gasteiger partial charge on any atom is 0.169 e. The second-order valence-electron chi connectivity index (χ2n) is 8.42. The molecule has 5 nitrogen and oxygen atoms in total. The van der Waals surface area contributed by atoms with Gasteiger partial charge < -0.3 is 19.7 Å². The molecule has 1 aliphatic rings. The standard InChI is InChI=1S/C28H33N3O2S/c1-32-25-14-13-22(21-26(25)33-2)15-16-29-28(34)31-19-17-30(18-20-31)27(23-9-5-3-6-10-23)24-11-7-4-8-12-24/h3-14,21,27H,15-20H2,1-2H3,(H,29,34). The molecule has 0 aromatic heterocycles. The third-order valence-corrected chi connectivity index (χ3v) is 6.74. The molecule has 0 saturated carbocycles. The summed E-state index contributed by atoms with van der Waals surface area (Å²) >= 11 is 5.72. The highest BCUT2D eigenvalue weighted by atomic mass is 32.1. The van der Waals surface area contributed by atoms with Crippen LogP contribution in [0.3, 0.4) is 0 Å². The van der Waals surface area contributed by atoms with Crippen LogP contribution in [-0.2, 0) is 6.42 Å². The van der Waals surface area contributed by atoms with Crippen LogP contribution in [0.4, 0.5) is 0 Å². The van der Waals surface area contributed by atoms with E-state index in [0.717, 1.165) is 55.8 Å². The first kappa shape index (κ1) is 24.0. The van der Waals surface area contributed by atoms with Crippen LogP contribution >= 0.6 is 12.2 Å². The third kappa shape index (κ3) is 5.88. The van der Waals surface area contributed by atoms with Crippen LogP contribution in [0.2, 0.25) is 0 Å². The van der Waals surface area contributed by atoms with Crippen molar-refractivity contribution in [1.82, 2.24) is 15.1 Å². The zero-order valence-electron chi connectivity index (χ0n) is 19.9. The Kier molecular flexibility index (Phi) is 8.39. The average Bonchev–Trinajstić information content (AvgIpc) is 2.90. The summed E-state index contributed by atoms with van der Waals surface area (Å²) in [4.78, 5) is 4.85. The van der Waals surface area contributed by atoms with Crippen molar-refractivity contribution in [1.29, 1.82) is 0 Å². The quantitative estimate of drug-likeness (QED) is 0.483. The minimum atomic E-state index is 0.260. The summed E-state index contributed by atoms with van der Waals surface area (Å²) in [5, 5.41) is 4.27. The molecule has 0 spiro atoms. The molecule has 0 bridgehead atoms. The molecular formula is C28H33N3O2S. The summed E-state index contributed by atoms with van der Waals surface area (Å²) in [6.07, 6.45) is 0.866. The van der Waals surface area contributed by atoms with Gasteiger partial charge in [0.1, 0.15) is 0 Å². The fourth-order valence-electron chi connectivity index (χ4n) is 4.53. The maximum absolute atomic E-state index is 5.72. The zero-order valence-corrected chi connectivity index (χ0v) is 20.8. The molecule has 0 atom stereocenters. The fraction of sp³-hybridized carbons (Fsp3) is 0.321. The molecule has 0 aliphatic carbocycles. The van der Waals surface area contributed by atoms with Gasteiger partial charge in [0.2, 0.25) is 0 Å². The molecule has 178 valence electrons. The highest BCUT2D eigenvalue weighted by Gasteiger charge is 2.27. The Hall–Kier alpha value is -3.09. The first-order valence-electron chi connectivity index (χ1n) is 11.8. The molecule has 0 radical (unpaired) electrons. The first-order chi connectivity index (χ1) is 16.7. The minimum absolute atomic E-state index is 0.260. The van der Waals surface area contributed by atoms with Crippen molar-refractivity contribution >= 4 is 17.3 Å². The van der Waals surface area contributed by atoms with Crippen molar-refractivity contribution in [3.05, 3.63) is 95.6 Å². The van der Waals surface area contributed by atoms with Gasteiger partial charge in [0.05, 0.1) is 20.3 Å². The number of ether oxygens (including phenoxy) is 2. The lowest BCUT2D eigenvalue weighted by molar-refractivity contribution is 0.149. The zero-order chi connectivity index (χ0) is 23.8. The molecular weight excluding hydrogens is 442 g/mol. The second-order valence-corrected chi connectivity index (χ2v) is 8.80. The molecule has 1 N–H and O–H groups in total. The molecule has 6 heteroatoms. The number of piperazine rings is 1. The van der Waals surface area contributed by atoms with Gasteiger partial charge in [-0.15, -0.1) is 0 Å². The van der Waals surface area contributed by atoms with Gasteiger partial charge in [-0.1, -0.05) is 66.7 Å². The summed E-state index contributed by atoms with van der Waals surface area (Å²) in [6.45, 7) is 4.54. The van der Waals surface area contributed by atoms with Crippen molar-refractivity contribution < 1.29 is 9.47 Å². The summed E-state index contributed by atoms with van der Waals surface area (Å²) in [6, 6.07) is 27.9. The van der Waals surface area contributed by atoms with Crippen molar-refractivity contribution in [2.24, 2.45) is 0 Å². The van der Waals surface area contributed by atoms with Crippen molar-refractivity contribution in [3.63, 3.8) is 0 Å². The topological polar surface area (TPSA) is 37.0 Å². The predicted molar refractivity (Wildman–Crippen MR) is 142 cm³/mol. The van der Waals surface area contributed by atoms with Gasteiger partial charge in [0, 0.05) is 32.7 Å². The molecule has 0 amide bonds. The maximum atomic E-state index is 5.72. The number of benzene rings is 3. The monoisotopic (exact) mass is 475 g/mol. The van der Waals surface area contributed by atoms with E-state index in [-0.39, 0.29) is 6.04 Å². The van der Waals surface area contributed by atoms with Gasteiger partial charge >= 0.3 is 0 Å². The van der Waals surface area contributed by atoms with E-state index in [9.17, 15) is 0 Å². The Morgan fingerprint density at radius 2 is 1.41 bits per heavy atom. The van der Waals surface area contributed by atoms with Gasteiger partial charge in [-0.2, -0.15) is 0 Å². The minimum Gasteiger partial charge on any atom is -0.493 e. The van der Waals surface area contributed by atoms with Gasteiger partial charge in [-0.25, -0.2) is 0 Å². The number of nitrogens with one attached hydrogen (secondary N) is 1. The second kappa shape index (κ2) is 11.9. The molecule has 34 heavy (non-hydrogen) atoms. The van der Waals surface area contributed by atoms with E-state index in [1.807, 2.05) is 12.1 Å².